The predicted molar refractivity (Wildman–Crippen MR) is 115 cm³/mol. The van der Waals surface area contributed by atoms with Gasteiger partial charge in [0.15, 0.2) is 0 Å². The van der Waals surface area contributed by atoms with Crippen molar-refractivity contribution in [1.29, 1.82) is 0 Å². The lowest BCUT2D eigenvalue weighted by atomic mass is 9.79. The molecule has 156 valence electrons. The van der Waals surface area contributed by atoms with Gasteiger partial charge in [0, 0.05) is 32.1 Å². The van der Waals surface area contributed by atoms with Crippen molar-refractivity contribution in [3.8, 4) is 0 Å². The van der Waals surface area contributed by atoms with Gasteiger partial charge in [-0.15, -0.1) is 0 Å². The van der Waals surface area contributed by atoms with Crippen LogP contribution < -0.4 is 0 Å². The highest BCUT2D eigenvalue weighted by molar-refractivity contribution is 5.75. The number of urea groups is 1. The fourth-order valence-electron chi connectivity index (χ4n) is 5.43. The molecule has 2 amide bonds. The summed E-state index contributed by atoms with van der Waals surface area (Å²) < 4.78 is 5.89. The summed E-state index contributed by atoms with van der Waals surface area (Å²) in [6.45, 7) is 8.29. The number of nitrogens with zero attached hydrogens (tertiary/aromatic N) is 2. The summed E-state index contributed by atoms with van der Waals surface area (Å²) in [7, 11) is 0. The highest BCUT2D eigenvalue weighted by Crippen LogP contribution is 2.36. The molecular formula is C25H34N2O2. The summed E-state index contributed by atoms with van der Waals surface area (Å²) in [4.78, 5) is 17.0. The molecule has 0 N–H and O–H groups in total. The van der Waals surface area contributed by atoms with Crippen molar-refractivity contribution in [2.24, 2.45) is 11.8 Å². The van der Waals surface area contributed by atoms with E-state index in [1.54, 1.807) is 0 Å². The molecule has 1 aromatic rings. The molecule has 0 spiro atoms. The number of hydrogen-bond acceptors (Lipinski definition) is 2. The minimum atomic E-state index is 0.237. The van der Waals surface area contributed by atoms with E-state index in [0.717, 1.165) is 51.4 Å². The van der Waals surface area contributed by atoms with Crippen molar-refractivity contribution >= 4 is 6.03 Å². The number of benzene rings is 1. The van der Waals surface area contributed by atoms with Crippen molar-refractivity contribution in [2.75, 3.05) is 32.8 Å². The van der Waals surface area contributed by atoms with Crippen LogP contribution in [0, 0.1) is 11.8 Å². The number of fused-ring (bicyclic) bond motifs is 1. The largest absolute Gasteiger partial charge is 0.373 e. The Morgan fingerprint density at radius 3 is 2.59 bits per heavy atom. The maximum atomic E-state index is 12.9. The normalized spacial score (nSPS) is 27.9. The van der Waals surface area contributed by atoms with E-state index in [9.17, 15) is 4.79 Å². The first-order valence-corrected chi connectivity index (χ1v) is 11.6. The summed E-state index contributed by atoms with van der Waals surface area (Å²) in [6.07, 6.45) is 8.75. The zero-order valence-electron chi connectivity index (χ0n) is 17.5. The number of piperidine rings is 1. The Kier molecular flexibility index (Phi) is 5.38. The lowest BCUT2D eigenvalue weighted by molar-refractivity contribution is -0.0418. The Labute approximate surface area is 174 Å². The van der Waals surface area contributed by atoms with Crippen LogP contribution >= 0.6 is 0 Å². The van der Waals surface area contributed by atoms with Crippen LogP contribution in [0.15, 0.2) is 36.4 Å². The summed E-state index contributed by atoms with van der Waals surface area (Å²) in [5.41, 5.74) is 4.14. The zero-order chi connectivity index (χ0) is 19.8. The van der Waals surface area contributed by atoms with E-state index >= 15 is 0 Å². The number of carbonyl (C=O) groups excluding carboxylic acids is 1. The Morgan fingerprint density at radius 1 is 1.07 bits per heavy atom. The van der Waals surface area contributed by atoms with Gasteiger partial charge in [-0.25, -0.2) is 4.79 Å². The van der Waals surface area contributed by atoms with E-state index in [-0.39, 0.29) is 6.03 Å². The molecule has 1 aromatic carbocycles. The fraction of sp³-hybridized carbons (Fsp3) is 0.640. The lowest BCUT2D eigenvalue weighted by Crippen LogP contribution is -2.58. The van der Waals surface area contributed by atoms with Gasteiger partial charge in [0.2, 0.25) is 0 Å². The molecule has 3 saturated heterocycles. The third-order valence-electron chi connectivity index (χ3n) is 7.61. The third kappa shape index (κ3) is 4.09. The average Bonchev–Trinajstić information content (AvgIpc) is 2.66. The molecule has 4 heteroatoms. The zero-order valence-corrected chi connectivity index (χ0v) is 17.5. The molecule has 0 bridgehead atoms. The molecule has 1 saturated carbocycles. The Morgan fingerprint density at radius 2 is 1.86 bits per heavy atom. The summed E-state index contributed by atoms with van der Waals surface area (Å²) in [5.74, 6) is 1.91. The van der Waals surface area contributed by atoms with Gasteiger partial charge in [0.05, 0.1) is 12.7 Å². The number of rotatable bonds is 4. The topological polar surface area (TPSA) is 32.8 Å². The van der Waals surface area contributed by atoms with E-state index in [2.05, 4.69) is 35.7 Å². The minimum absolute atomic E-state index is 0.237. The lowest BCUT2D eigenvalue weighted by Gasteiger charge is -2.46. The van der Waals surface area contributed by atoms with Crippen LogP contribution in [0.3, 0.4) is 0 Å². The number of hydrogen-bond donors (Lipinski definition) is 0. The molecule has 4 aliphatic rings. The second kappa shape index (κ2) is 8.14. The van der Waals surface area contributed by atoms with Crippen LogP contribution in [0.2, 0.25) is 0 Å². The highest BCUT2D eigenvalue weighted by Gasteiger charge is 2.39. The Bertz CT molecular complexity index is 749. The quantitative estimate of drug-likeness (QED) is 0.700. The second-order valence-corrected chi connectivity index (χ2v) is 9.76. The van der Waals surface area contributed by atoms with E-state index < -0.39 is 0 Å². The predicted octanol–water partition coefficient (Wildman–Crippen LogP) is 4.61. The van der Waals surface area contributed by atoms with Crippen LogP contribution in [0.5, 0.6) is 0 Å². The van der Waals surface area contributed by atoms with Gasteiger partial charge >= 0.3 is 6.03 Å². The number of likely N-dealkylation sites (tertiary alicyclic amines) is 2. The first kappa shape index (κ1) is 19.2. The van der Waals surface area contributed by atoms with E-state index in [0.29, 0.717) is 24.5 Å². The first-order valence-electron chi connectivity index (χ1n) is 11.6. The van der Waals surface area contributed by atoms with Gasteiger partial charge < -0.3 is 14.5 Å². The molecule has 29 heavy (non-hydrogen) atoms. The number of amides is 2. The highest BCUT2D eigenvalue weighted by atomic mass is 16.5. The van der Waals surface area contributed by atoms with Crippen LogP contribution in [-0.4, -0.2) is 54.7 Å². The summed E-state index contributed by atoms with van der Waals surface area (Å²) in [6, 6.07) is 9.55. The summed E-state index contributed by atoms with van der Waals surface area (Å²) in [5, 5.41) is 0. The first-order chi connectivity index (χ1) is 14.2. The maximum absolute atomic E-state index is 12.9. The van der Waals surface area contributed by atoms with Crippen molar-refractivity contribution in [1.82, 2.24) is 9.80 Å². The van der Waals surface area contributed by atoms with Crippen molar-refractivity contribution in [2.45, 2.75) is 57.0 Å². The smallest absolute Gasteiger partial charge is 0.320 e. The van der Waals surface area contributed by atoms with Gasteiger partial charge in [0.25, 0.3) is 0 Å². The number of carbonyl (C=O) groups is 1. The van der Waals surface area contributed by atoms with Crippen molar-refractivity contribution in [3.05, 3.63) is 47.5 Å². The molecule has 5 rings (SSSR count). The number of aryl methyl sites for hydroxylation is 1. The van der Waals surface area contributed by atoms with Gasteiger partial charge in [-0.3, -0.25) is 0 Å². The monoisotopic (exact) mass is 393 g/mol. The van der Waals surface area contributed by atoms with Gasteiger partial charge in [-0.1, -0.05) is 42.8 Å². The average molecular weight is 394 g/mol. The minimum Gasteiger partial charge on any atom is -0.373 e. The molecule has 2 atom stereocenters. The van der Waals surface area contributed by atoms with Crippen molar-refractivity contribution in [3.63, 3.8) is 0 Å². The molecule has 1 aliphatic carbocycles. The van der Waals surface area contributed by atoms with Crippen molar-refractivity contribution < 1.29 is 9.53 Å². The molecule has 3 aliphatic heterocycles. The molecular weight excluding hydrogens is 359 g/mol. The summed E-state index contributed by atoms with van der Waals surface area (Å²) >= 11 is 0. The third-order valence-corrected chi connectivity index (χ3v) is 7.61. The van der Waals surface area contributed by atoms with Crippen LogP contribution in [-0.2, 0) is 11.2 Å². The van der Waals surface area contributed by atoms with E-state index in [1.807, 2.05) is 4.90 Å². The molecule has 0 unspecified atom stereocenters. The number of ether oxygens (including phenoxy) is 1. The molecule has 0 aromatic heterocycles. The molecule has 3 heterocycles. The van der Waals surface area contributed by atoms with Gasteiger partial charge in [0.1, 0.15) is 0 Å². The molecule has 4 nitrogen and oxygen atoms in total. The molecule has 4 fully saturated rings. The van der Waals surface area contributed by atoms with Gasteiger partial charge in [-0.05, 0) is 61.5 Å². The Hall–Kier alpha value is -1.81. The maximum Gasteiger partial charge on any atom is 0.320 e. The van der Waals surface area contributed by atoms with Gasteiger partial charge in [-0.2, -0.15) is 0 Å². The van der Waals surface area contributed by atoms with Crippen LogP contribution in [0.25, 0.3) is 0 Å². The molecule has 0 radical (unpaired) electrons. The van der Waals surface area contributed by atoms with Crippen LogP contribution in [0.1, 0.15) is 55.6 Å². The van der Waals surface area contributed by atoms with E-state index in [4.69, 9.17) is 4.74 Å². The van der Waals surface area contributed by atoms with E-state index in [1.165, 1.54) is 42.4 Å². The standard InChI is InChI=1S/C25H34N2O2/c1-18-13-23-16-26(12-11-24(23)29-17-18)25(28)27-14-20(15-27)6-5-19-7-9-22(10-8-19)21-3-2-4-21/h7-10,20-21,23-24H,1-6,11-17H2/t23-,24+/m1/s1/i25-1. The fourth-order valence-corrected chi connectivity index (χ4v) is 5.43. The Balaban J connectivity index is 1.05. The van der Waals surface area contributed by atoms with Crippen LogP contribution in [0.4, 0.5) is 4.79 Å². The second-order valence-electron chi connectivity index (χ2n) is 9.76. The SMILES string of the molecule is C=C1CO[C@H]2CCN([11C](=O)N3CC(CCc4ccc(C5CCC5)cc4)C3)C[C@H]2C1.